The summed E-state index contributed by atoms with van der Waals surface area (Å²) in [5, 5.41) is 0.0136. The lowest BCUT2D eigenvalue weighted by Crippen LogP contribution is -2.18. The van der Waals surface area contributed by atoms with E-state index in [1.807, 2.05) is 0 Å². The van der Waals surface area contributed by atoms with Gasteiger partial charge in [-0.15, -0.1) is 13.2 Å². The van der Waals surface area contributed by atoms with Crippen molar-refractivity contribution in [2.75, 3.05) is 5.73 Å². The number of benzene rings is 1. The van der Waals surface area contributed by atoms with Crippen LogP contribution in [0.4, 0.5) is 23.2 Å². The van der Waals surface area contributed by atoms with Crippen LogP contribution in [0.5, 0.6) is 5.75 Å². The van der Waals surface area contributed by atoms with Crippen LogP contribution in [0.15, 0.2) is 12.1 Å². The van der Waals surface area contributed by atoms with Crippen LogP contribution in [0.3, 0.4) is 0 Å². The van der Waals surface area contributed by atoms with Crippen LogP contribution in [-0.4, -0.2) is 6.36 Å². The first-order chi connectivity index (χ1) is 6.85. The van der Waals surface area contributed by atoms with E-state index in [0.717, 1.165) is 12.1 Å². The number of alkyl halides is 4. The third-order valence-corrected chi connectivity index (χ3v) is 2.16. The van der Waals surface area contributed by atoms with E-state index >= 15 is 0 Å². The average molecular weight is 288 g/mol. The van der Waals surface area contributed by atoms with E-state index in [4.69, 9.17) is 5.73 Å². The third kappa shape index (κ3) is 2.98. The van der Waals surface area contributed by atoms with Gasteiger partial charge >= 0.3 is 6.36 Å². The number of ether oxygens (including phenoxy) is 1. The van der Waals surface area contributed by atoms with Crippen LogP contribution in [-0.2, 0) is 5.33 Å². The first kappa shape index (κ1) is 12.1. The molecule has 0 atom stereocenters. The number of nitrogen functional groups attached to an aromatic ring is 1. The Balaban J connectivity index is 3.11. The molecule has 2 N–H and O–H groups in total. The fourth-order valence-corrected chi connectivity index (χ4v) is 1.52. The molecular formula is C8H6BrF4NO. The molecule has 15 heavy (non-hydrogen) atoms. The number of hydrogen-bond acceptors (Lipinski definition) is 2. The number of rotatable bonds is 2. The van der Waals surface area contributed by atoms with E-state index in [0.29, 0.717) is 0 Å². The van der Waals surface area contributed by atoms with Gasteiger partial charge in [0.05, 0.1) is 0 Å². The van der Waals surface area contributed by atoms with Crippen LogP contribution in [0.2, 0.25) is 0 Å². The van der Waals surface area contributed by atoms with E-state index in [1.165, 1.54) is 0 Å². The normalized spacial score (nSPS) is 11.5. The third-order valence-electron chi connectivity index (χ3n) is 1.60. The highest BCUT2D eigenvalue weighted by molar-refractivity contribution is 9.08. The molecule has 0 aromatic heterocycles. The number of nitrogens with two attached hydrogens (primary N) is 1. The molecule has 0 amide bonds. The van der Waals surface area contributed by atoms with Crippen LogP contribution in [0.1, 0.15) is 5.56 Å². The molecule has 0 spiro atoms. The van der Waals surface area contributed by atoms with Crippen LogP contribution >= 0.6 is 15.9 Å². The van der Waals surface area contributed by atoms with Gasteiger partial charge in [-0.25, -0.2) is 4.39 Å². The van der Waals surface area contributed by atoms with Crippen LogP contribution in [0, 0.1) is 5.82 Å². The van der Waals surface area contributed by atoms with E-state index < -0.39 is 17.9 Å². The molecule has 0 aliphatic carbocycles. The summed E-state index contributed by atoms with van der Waals surface area (Å²) in [5.41, 5.74) is 5.37. The lowest BCUT2D eigenvalue weighted by atomic mass is 10.2. The van der Waals surface area contributed by atoms with Crippen molar-refractivity contribution in [3.8, 4) is 5.75 Å². The molecule has 1 rings (SSSR count). The highest BCUT2D eigenvalue weighted by Gasteiger charge is 2.32. The van der Waals surface area contributed by atoms with Gasteiger partial charge in [0.15, 0.2) is 11.6 Å². The van der Waals surface area contributed by atoms with E-state index in [-0.39, 0.29) is 16.6 Å². The Morgan fingerprint density at radius 1 is 1.33 bits per heavy atom. The maximum Gasteiger partial charge on any atom is 0.573 e. The van der Waals surface area contributed by atoms with Crippen LogP contribution in [0.25, 0.3) is 0 Å². The molecule has 0 aliphatic rings. The van der Waals surface area contributed by atoms with Crippen molar-refractivity contribution in [2.24, 2.45) is 0 Å². The Morgan fingerprint density at radius 2 is 1.93 bits per heavy atom. The first-order valence-corrected chi connectivity index (χ1v) is 4.86. The van der Waals surface area contributed by atoms with Gasteiger partial charge in [0, 0.05) is 16.6 Å². The minimum atomic E-state index is -4.92. The highest BCUT2D eigenvalue weighted by atomic mass is 79.9. The zero-order chi connectivity index (χ0) is 11.6. The number of halogens is 5. The quantitative estimate of drug-likeness (QED) is 0.515. The number of hydrogen-bond donors (Lipinski definition) is 1. The van der Waals surface area contributed by atoms with Gasteiger partial charge in [-0.2, -0.15) is 0 Å². The van der Waals surface area contributed by atoms with Crippen molar-refractivity contribution in [3.63, 3.8) is 0 Å². The second-order valence-corrected chi connectivity index (χ2v) is 3.19. The minimum absolute atomic E-state index is 0.0136. The molecule has 0 unspecified atom stereocenters. The van der Waals surface area contributed by atoms with Gasteiger partial charge in [-0.3, -0.25) is 0 Å². The molecule has 7 heteroatoms. The van der Waals surface area contributed by atoms with Gasteiger partial charge < -0.3 is 10.5 Å². The molecule has 0 bridgehead atoms. The Bertz CT molecular complexity index is 366. The summed E-state index contributed by atoms with van der Waals surface area (Å²) in [6, 6.07) is 1.99. The smallest absolute Gasteiger partial charge is 0.403 e. The molecule has 0 radical (unpaired) electrons. The molecule has 0 heterocycles. The van der Waals surface area contributed by atoms with E-state index in [9.17, 15) is 17.6 Å². The maximum absolute atomic E-state index is 13.3. The monoisotopic (exact) mass is 287 g/mol. The summed E-state index contributed by atoms with van der Waals surface area (Å²) >= 11 is 2.92. The fraction of sp³-hybridized carbons (Fsp3) is 0.250. The first-order valence-electron chi connectivity index (χ1n) is 3.73. The summed E-state index contributed by atoms with van der Waals surface area (Å²) in [6.45, 7) is 0. The number of anilines is 1. The standard InChI is InChI=1S/C8H6BrF4NO/c9-3-4-5(14)1-2-6(7(4)10)15-8(11,12)13/h1-2H,3,14H2. The lowest BCUT2D eigenvalue weighted by molar-refractivity contribution is -0.275. The summed E-state index contributed by atoms with van der Waals surface area (Å²) in [4.78, 5) is 0. The second-order valence-electron chi connectivity index (χ2n) is 2.63. The molecule has 0 saturated heterocycles. The molecule has 84 valence electrons. The molecule has 1 aromatic carbocycles. The van der Waals surface area contributed by atoms with Crippen LogP contribution < -0.4 is 10.5 Å². The van der Waals surface area contributed by atoms with E-state index in [2.05, 4.69) is 20.7 Å². The Kier molecular flexibility index (Phi) is 3.43. The summed E-state index contributed by atoms with van der Waals surface area (Å²) in [5.74, 6) is -1.99. The molecule has 1 aromatic rings. The molecular weight excluding hydrogens is 282 g/mol. The van der Waals surface area contributed by atoms with Gasteiger partial charge in [-0.1, -0.05) is 15.9 Å². The topological polar surface area (TPSA) is 35.2 Å². The van der Waals surface area contributed by atoms with Crippen molar-refractivity contribution in [3.05, 3.63) is 23.5 Å². The van der Waals surface area contributed by atoms with Crippen molar-refractivity contribution in [1.82, 2.24) is 0 Å². The predicted octanol–water partition coefficient (Wildman–Crippen LogP) is 3.20. The summed E-state index contributed by atoms with van der Waals surface area (Å²) < 4.78 is 52.3. The van der Waals surface area contributed by atoms with Gasteiger partial charge in [-0.05, 0) is 12.1 Å². The molecule has 0 saturated carbocycles. The van der Waals surface area contributed by atoms with Crippen molar-refractivity contribution in [1.29, 1.82) is 0 Å². The van der Waals surface area contributed by atoms with Crippen molar-refractivity contribution < 1.29 is 22.3 Å². The van der Waals surface area contributed by atoms with Gasteiger partial charge in [0.2, 0.25) is 0 Å². The van der Waals surface area contributed by atoms with E-state index in [1.54, 1.807) is 0 Å². The van der Waals surface area contributed by atoms with Crippen molar-refractivity contribution in [2.45, 2.75) is 11.7 Å². The lowest BCUT2D eigenvalue weighted by Gasteiger charge is -2.12. The SMILES string of the molecule is Nc1ccc(OC(F)(F)F)c(F)c1CBr. The zero-order valence-corrected chi connectivity index (χ0v) is 8.82. The van der Waals surface area contributed by atoms with Gasteiger partial charge in [0.1, 0.15) is 0 Å². The molecule has 0 fully saturated rings. The molecule has 2 nitrogen and oxygen atoms in total. The van der Waals surface area contributed by atoms with Crippen molar-refractivity contribution >= 4 is 21.6 Å². The fourth-order valence-electron chi connectivity index (χ4n) is 0.954. The maximum atomic E-state index is 13.3. The Morgan fingerprint density at radius 3 is 2.40 bits per heavy atom. The zero-order valence-electron chi connectivity index (χ0n) is 7.24. The highest BCUT2D eigenvalue weighted by Crippen LogP contribution is 2.31. The average Bonchev–Trinajstić information content (AvgIpc) is 2.09. The van der Waals surface area contributed by atoms with Gasteiger partial charge in [0.25, 0.3) is 0 Å². The predicted molar refractivity (Wildman–Crippen MR) is 50.1 cm³/mol. The molecule has 0 aliphatic heterocycles. The Labute approximate surface area is 91.1 Å². The minimum Gasteiger partial charge on any atom is -0.403 e. The largest absolute Gasteiger partial charge is 0.573 e. The Hall–Kier alpha value is -0.980. The second kappa shape index (κ2) is 4.26. The summed E-state index contributed by atoms with van der Waals surface area (Å²) in [7, 11) is 0. The summed E-state index contributed by atoms with van der Waals surface area (Å²) in [6.07, 6.45) is -4.92.